The molecule has 0 aliphatic heterocycles. The Kier molecular flexibility index (Phi) is 12.1. The summed E-state index contributed by atoms with van der Waals surface area (Å²) in [5.74, 6) is 1.33. The van der Waals surface area contributed by atoms with E-state index < -0.39 is 62.7 Å². The van der Waals surface area contributed by atoms with Gasteiger partial charge < -0.3 is 24.2 Å². The maximum absolute atomic E-state index is 13.9. The van der Waals surface area contributed by atoms with E-state index in [1.807, 2.05) is 17.0 Å². The van der Waals surface area contributed by atoms with Crippen molar-refractivity contribution in [3.05, 3.63) is 98.3 Å². The van der Waals surface area contributed by atoms with E-state index in [9.17, 15) is 29.2 Å². The maximum Gasteiger partial charge on any atom is 0.459 e. The molecule has 5 atom stereocenters. The number of nitrogens with one attached hydrogen (secondary N) is 2. The topological polar surface area (TPSA) is 178 Å². The Balaban J connectivity index is 1.79. The van der Waals surface area contributed by atoms with E-state index in [-0.39, 0.29) is 12.4 Å². The van der Waals surface area contributed by atoms with E-state index in [1.54, 1.807) is 24.3 Å². The van der Waals surface area contributed by atoms with E-state index in [0.29, 0.717) is 5.02 Å². The number of rotatable bonds is 15. The van der Waals surface area contributed by atoms with Crippen molar-refractivity contribution in [2.45, 2.75) is 38.0 Å². The van der Waals surface area contributed by atoms with Crippen LogP contribution in [0.25, 0.3) is 0 Å². The second-order valence-electron chi connectivity index (χ2n) is 8.72. The lowest BCUT2D eigenvalue weighted by Crippen LogP contribution is -2.41. The zero-order chi connectivity index (χ0) is 30.7. The average Bonchev–Trinajstić information content (AvgIpc) is 2.98. The van der Waals surface area contributed by atoms with Crippen LogP contribution < -0.4 is 20.9 Å². The molecule has 15 heteroatoms. The number of halogens is 1. The number of esters is 1. The van der Waals surface area contributed by atoms with Gasteiger partial charge in [-0.3, -0.25) is 23.7 Å². The number of aromatic amines is 1. The van der Waals surface area contributed by atoms with Crippen molar-refractivity contribution in [1.82, 2.24) is 14.6 Å². The minimum atomic E-state index is -4.44. The van der Waals surface area contributed by atoms with Crippen molar-refractivity contribution in [2.75, 3.05) is 13.2 Å². The fourth-order valence-electron chi connectivity index (χ4n) is 3.40. The van der Waals surface area contributed by atoms with Crippen molar-refractivity contribution < 1.29 is 38.1 Å². The van der Waals surface area contributed by atoms with E-state index in [0.717, 1.165) is 22.4 Å². The number of aliphatic hydroxyl groups excluding tert-OH is 2. The first kappa shape index (κ1) is 32.8. The smallest absolute Gasteiger partial charge is 0.459 e. The van der Waals surface area contributed by atoms with Gasteiger partial charge in [0.15, 0.2) is 6.23 Å². The Morgan fingerprint density at radius 2 is 1.86 bits per heavy atom. The number of hydrogen-bond acceptors (Lipinski definition) is 10. The number of carbonyl (C=O) groups excluding carboxylic acids is 1. The molecule has 0 saturated carbocycles. The third kappa shape index (κ3) is 9.68. The van der Waals surface area contributed by atoms with Crippen LogP contribution in [-0.2, 0) is 30.0 Å². The lowest BCUT2D eigenvalue weighted by atomic mass is 10.2. The Labute approximate surface area is 245 Å². The molecular formula is C27H29ClN3O10P. The highest BCUT2D eigenvalue weighted by Gasteiger charge is 2.35. The third-order valence-corrected chi connectivity index (χ3v) is 7.45. The van der Waals surface area contributed by atoms with Gasteiger partial charge in [0.05, 0.1) is 13.2 Å². The fraction of sp³-hybridized carbons (Fsp3) is 0.296. The van der Waals surface area contributed by atoms with Crippen molar-refractivity contribution in [3.8, 4) is 18.1 Å². The van der Waals surface area contributed by atoms with Crippen LogP contribution in [0.4, 0.5) is 0 Å². The van der Waals surface area contributed by atoms with Crippen LogP contribution in [0.1, 0.15) is 18.7 Å². The molecule has 0 bridgehead atoms. The molecule has 0 saturated heterocycles. The van der Waals surface area contributed by atoms with E-state index in [2.05, 4.69) is 5.09 Å². The standard InChI is InChI=1S/C27H29ClN3O10P/c1-3-22(33)23(40-25(15-32)31-14-13-24(34)29-27(31)36)17-39-42(37,41-21-11-9-20(28)10-12-21)30-18(2)26(35)38-16-19-7-5-4-6-8-19/h1,4-14,18,22-23,25,32-33H,15-17H2,2H3,(H,30,37)(H,29,34,36)/t18-,22-,23+,25+,42?/m0/s1. The Morgan fingerprint density at radius 3 is 2.48 bits per heavy atom. The van der Waals surface area contributed by atoms with Gasteiger partial charge >= 0.3 is 19.4 Å². The zero-order valence-electron chi connectivity index (χ0n) is 22.3. The zero-order valence-corrected chi connectivity index (χ0v) is 23.9. The van der Waals surface area contributed by atoms with Crippen molar-refractivity contribution in [3.63, 3.8) is 0 Å². The first-order chi connectivity index (χ1) is 20.0. The predicted molar refractivity (Wildman–Crippen MR) is 152 cm³/mol. The van der Waals surface area contributed by atoms with Crippen molar-refractivity contribution >= 4 is 25.3 Å². The molecule has 0 fully saturated rings. The highest BCUT2D eigenvalue weighted by molar-refractivity contribution is 7.52. The summed E-state index contributed by atoms with van der Waals surface area (Å²) >= 11 is 5.92. The normalized spacial score (nSPS) is 15.4. The molecule has 0 radical (unpaired) electrons. The Hall–Kier alpha value is -3.73. The van der Waals surface area contributed by atoms with Crippen LogP contribution in [0.2, 0.25) is 5.02 Å². The molecule has 3 aromatic rings. The van der Waals surface area contributed by atoms with Crippen molar-refractivity contribution in [2.24, 2.45) is 0 Å². The molecule has 42 heavy (non-hydrogen) atoms. The number of aliphatic hydroxyl groups is 2. The number of terminal acetylenes is 1. The van der Waals surface area contributed by atoms with Gasteiger partial charge in [0.2, 0.25) is 0 Å². The molecule has 224 valence electrons. The quantitative estimate of drug-likeness (QED) is 0.111. The minimum absolute atomic E-state index is 0.0359. The molecule has 1 heterocycles. The SMILES string of the molecule is C#C[C@H](O)[C@@H](COP(=O)(N[C@@H](C)C(=O)OCc1ccccc1)Oc1ccc(Cl)cc1)O[C@H](CO)n1ccc(=O)[nH]c1=O. The van der Waals surface area contributed by atoms with Gasteiger partial charge in [-0.15, -0.1) is 6.42 Å². The van der Waals surface area contributed by atoms with Gasteiger partial charge in [-0.05, 0) is 36.8 Å². The number of H-pyrrole nitrogens is 1. The molecule has 1 unspecified atom stereocenters. The number of benzene rings is 2. The molecule has 1 aromatic heterocycles. The Morgan fingerprint density at radius 1 is 1.17 bits per heavy atom. The highest BCUT2D eigenvalue weighted by Crippen LogP contribution is 2.45. The number of nitrogens with zero attached hydrogens (tertiary/aromatic N) is 1. The molecule has 13 nitrogen and oxygen atoms in total. The lowest BCUT2D eigenvalue weighted by molar-refractivity contribution is -0.146. The summed E-state index contributed by atoms with van der Waals surface area (Å²) in [5, 5.41) is 23.1. The monoisotopic (exact) mass is 621 g/mol. The number of aromatic nitrogens is 2. The van der Waals surface area contributed by atoms with Gasteiger partial charge in [-0.1, -0.05) is 47.9 Å². The van der Waals surface area contributed by atoms with Gasteiger partial charge in [0.25, 0.3) is 5.56 Å². The van der Waals surface area contributed by atoms with Crippen LogP contribution in [0.5, 0.6) is 5.75 Å². The molecule has 0 aliphatic carbocycles. The summed E-state index contributed by atoms with van der Waals surface area (Å²) in [7, 11) is -4.44. The molecular weight excluding hydrogens is 593 g/mol. The van der Waals surface area contributed by atoms with Gasteiger partial charge in [0.1, 0.15) is 30.6 Å². The Bertz CT molecular complexity index is 1520. The van der Waals surface area contributed by atoms with E-state index >= 15 is 0 Å². The molecule has 4 N–H and O–H groups in total. The average molecular weight is 622 g/mol. The fourth-order valence-corrected chi connectivity index (χ4v) is 5.03. The largest absolute Gasteiger partial charge is 0.460 e. The molecule has 0 spiro atoms. The van der Waals surface area contributed by atoms with Gasteiger partial charge in [-0.2, -0.15) is 5.09 Å². The summed E-state index contributed by atoms with van der Waals surface area (Å²) in [6.45, 7) is -0.139. The predicted octanol–water partition coefficient (Wildman–Crippen LogP) is 1.99. The van der Waals surface area contributed by atoms with Crippen LogP contribution in [-0.4, -0.2) is 57.2 Å². The van der Waals surface area contributed by atoms with Crippen LogP contribution in [0, 0.1) is 12.3 Å². The molecule has 0 aliphatic rings. The van der Waals surface area contributed by atoms with Crippen LogP contribution >= 0.6 is 19.3 Å². The summed E-state index contributed by atoms with van der Waals surface area (Å²) in [4.78, 5) is 38.3. The van der Waals surface area contributed by atoms with Gasteiger partial charge in [-0.25, -0.2) is 9.36 Å². The number of hydrogen-bond donors (Lipinski definition) is 4. The summed E-state index contributed by atoms with van der Waals surface area (Å²) in [6.07, 6.45) is 1.85. The summed E-state index contributed by atoms with van der Waals surface area (Å²) < 4.78 is 36.7. The van der Waals surface area contributed by atoms with Crippen LogP contribution in [0.3, 0.4) is 0 Å². The van der Waals surface area contributed by atoms with Gasteiger partial charge in [0, 0.05) is 17.3 Å². The number of ether oxygens (including phenoxy) is 2. The number of carbonyl (C=O) groups is 1. The molecule has 3 rings (SSSR count). The molecule has 2 aromatic carbocycles. The van der Waals surface area contributed by atoms with Crippen molar-refractivity contribution in [1.29, 1.82) is 0 Å². The summed E-state index contributed by atoms with van der Waals surface area (Å²) in [5.41, 5.74) is -0.852. The molecule has 0 amide bonds. The second-order valence-corrected chi connectivity index (χ2v) is 10.9. The minimum Gasteiger partial charge on any atom is -0.460 e. The second kappa shape index (κ2) is 15.5. The highest BCUT2D eigenvalue weighted by atomic mass is 35.5. The van der Waals surface area contributed by atoms with Crippen LogP contribution in [0.15, 0.2) is 76.4 Å². The maximum atomic E-state index is 13.9. The lowest BCUT2D eigenvalue weighted by Gasteiger charge is -2.28. The first-order valence-electron chi connectivity index (χ1n) is 12.4. The third-order valence-electron chi connectivity index (χ3n) is 5.55. The first-order valence-corrected chi connectivity index (χ1v) is 14.4. The van der Waals surface area contributed by atoms with E-state index in [4.69, 9.17) is 36.5 Å². The summed E-state index contributed by atoms with van der Waals surface area (Å²) in [6, 6.07) is 14.5. The van der Waals surface area contributed by atoms with E-state index in [1.165, 1.54) is 31.2 Å².